The van der Waals surface area contributed by atoms with E-state index in [1.165, 1.54) is 0 Å². The molecule has 0 aromatic heterocycles. The van der Waals surface area contributed by atoms with Crippen LogP contribution in [0.4, 0.5) is 0 Å². The van der Waals surface area contributed by atoms with E-state index in [9.17, 15) is 0 Å². The van der Waals surface area contributed by atoms with Crippen LogP contribution in [0.15, 0.2) is 0 Å². The molecule has 10 heavy (non-hydrogen) atoms. The van der Waals surface area contributed by atoms with Crippen LogP contribution in [0.3, 0.4) is 0 Å². The summed E-state index contributed by atoms with van der Waals surface area (Å²) >= 11 is 0. The number of hydrogen-bond acceptors (Lipinski definition) is 0. The molecule has 0 saturated carbocycles. The van der Waals surface area contributed by atoms with E-state index in [4.69, 9.17) is 0 Å². The van der Waals surface area contributed by atoms with Crippen molar-refractivity contribution in [3.8, 4) is 0 Å². The molecule has 0 spiro atoms. The third-order valence-corrected chi connectivity index (χ3v) is 0. The molecule has 0 saturated heterocycles. The fourth-order valence-corrected chi connectivity index (χ4v) is 0. The van der Waals surface area contributed by atoms with E-state index in [1.807, 2.05) is 0 Å². The van der Waals surface area contributed by atoms with Gasteiger partial charge in [0.2, 0.25) is 0 Å². The Bertz CT molecular complexity index is 23.2. The van der Waals surface area contributed by atoms with Crippen LogP contribution in [0.25, 0.3) is 0 Å². The van der Waals surface area contributed by atoms with Gasteiger partial charge in [-0.05, 0) is 0 Å². The molecule has 4 N–H and O–H groups in total. The minimum absolute atomic E-state index is 0. The van der Waals surface area contributed by atoms with E-state index >= 15 is 0 Å². The van der Waals surface area contributed by atoms with Crippen molar-refractivity contribution in [3.63, 3.8) is 0 Å². The first-order chi connectivity index (χ1) is 0. The summed E-state index contributed by atoms with van der Waals surface area (Å²) in [6, 6.07) is 0. The van der Waals surface area contributed by atoms with Gasteiger partial charge in [-0.25, -0.2) is 0 Å². The zero-order valence-electron chi connectivity index (χ0n) is 3.06. The van der Waals surface area contributed by atoms with Crippen LogP contribution in [0.5, 0.6) is 0 Å². The summed E-state index contributed by atoms with van der Waals surface area (Å²) in [4.78, 5) is 0. The first kappa shape index (κ1) is 142. The second-order valence-corrected chi connectivity index (χ2v) is 0. The molecule has 0 rings (SSSR count). The van der Waals surface area contributed by atoms with Gasteiger partial charge in [0.1, 0.15) is 0 Å². The Labute approximate surface area is 147 Å². The first-order valence-electron chi connectivity index (χ1n) is 0. The van der Waals surface area contributed by atoms with Crippen LogP contribution in [0.2, 0.25) is 0 Å². The molecule has 0 aliphatic heterocycles. The summed E-state index contributed by atoms with van der Waals surface area (Å²) in [7, 11) is 0. The van der Waals surface area contributed by atoms with Crippen LogP contribution >= 0.6 is 0 Å². The fourth-order valence-electron chi connectivity index (χ4n) is 0. The van der Waals surface area contributed by atoms with Gasteiger partial charge >= 0.3 is 37.7 Å². The molecule has 0 aromatic rings. The van der Waals surface area contributed by atoms with E-state index in [1.54, 1.807) is 0 Å². The van der Waals surface area contributed by atoms with Crippen molar-refractivity contribution in [1.29, 1.82) is 0 Å². The maximum Gasteiger partial charge on any atom is 0 e. The molecule has 0 amide bonds. The molecule has 0 atom stereocenters. The van der Waals surface area contributed by atoms with Crippen LogP contribution in [-0.2, 0) is 101 Å². The van der Waals surface area contributed by atoms with Crippen molar-refractivity contribution in [2.45, 2.75) is 0 Å². The average molecular weight is 397 g/mol. The van der Waals surface area contributed by atoms with E-state index in [0.29, 0.717) is 0 Å². The van der Waals surface area contributed by atoms with Crippen molar-refractivity contribution in [2.75, 3.05) is 0 Å². The first-order valence-corrected chi connectivity index (χ1v) is 0. The summed E-state index contributed by atoms with van der Waals surface area (Å²) in [6.45, 7) is 0. The summed E-state index contributed by atoms with van der Waals surface area (Å²) < 4.78 is 0. The van der Waals surface area contributed by atoms with Crippen molar-refractivity contribution in [3.05, 3.63) is 0 Å². The van der Waals surface area contributed by atoms with Crippen LogP contribution in [0, 0.1) is 0 Å². The van der Waals surface area contributed by atoms with Crippen LogP contribution in [-0.4, -0.2) is 48.7 Å². The second-order valence-electron chi connectivity index (χ2n) is 0. The Hall–Kier alpha value is 4.15. The SMILES string of the molecule is O.O.[Co].[Co].[LiH].[LiH].[Mn].[Mn].[Ni].[Ni]. The molecule has 0 bridgehead atoms. The van der Waals surface area contributed by atoms with E-state index < -0.39 is 0 Å². The molecule has 4 radical (unpaired) electrons. The molecule has 72 valence electrons. The van der Waals surface area contributed by atoms with Gasteiger partial charge < -0.3 is 11.0 Å². The zero-order valence-corrected chi connectivity index (χ0v) is 9.47. The summed E-state index contributed by atoms with van der Waals surface area (Å²) in [5, 5.41) is 0. The summed E-state index contributed by atoms with van der Waals surface area (Å²) in [5.41, 5.74) is 0. The van der Waals surface area contributed by atoms with E-state index in [0.717, 1.165) is 0 Å². The predicted molar refractivity (Wildman–Crippen MR) is 21.5 cm³/mol. The van der Waals surface area contributed by atoms with Gasteiger partial charge in [-0.15, -0.1) is 0 Å². The Morgan fingerprint density at radius 2 is 0.500 bits per heavy atom. The minimum Gasteiger partial charge on any atom is 0 e. The maximum absolute atomic E-state index is 0. The van der Waals surface area contributed by atoms with Gasteiger partial charge in [0.15, 0.2) is 0 Å². The second kappa shape index (κ2) is 113. The predicted octanol–water partition coefficient (Wildman–Crippen LogP) is -2.96. The van der Waals surface area contributed by atoms with Gasteiger partial charge in [0.05, 0.1) is 0 Å². The number of hydrogen-bond donors (Lipinski definition) is 0. The zero-order chi connectivity index (χ0) is 0. The molecule has 10 heteroatoms. The Balaban J connectivity index is 0. The minimum atomic E-state index is 0. The third kappa shape index (κ3) is 87.6. The van der Waals surface area contributed by atoms with Crippen molar-refractivity contribution >= 4 is 37.7 Å². The van der Waals surface area contributed by atoms with Crippen molar-refractivity contribution in [2.24, 2.45) is 0 Å². The van der Waals surface area contributed by atoms with Gasteiger partial charge in [0.25, 0.3) is 0 Å². The smallest absolute Gasteiger partial charge is 0 e. The van der Waals surface area contributed by atoms with E-state index in [2.05, 4.69) is 0 Å². The monoisotopic (exact) mass is 396 g/mol. The standard InChI is InChI=1S/2Co.2Li.2Mn.2Ni.2H2O.2H/h;;;;;;;;2*1H2;;. The molecule has 0 unspecified atom stereocenters. The molecule has 0 aliphatic rings. The number of rotatable bonds is 0. The van der Waals surface area contributed by atoms with Gasteiger partial charge in [0, 0.05) is 101 Å². The van der Waals surface area contributed by atoms with Crippen LogP contribution in [0.1, 0.15) is 0 Å². The molecular formula is H6Co2Li2Mn2Ni2O2. The van der Waals surface area contributed by atoms with Gasteiger partial charge in [-0.1, -0.05) is 0 Å². The Morgan fingerprint density at radius 3 is 0.500 bits per heavy atom. The molecule has 2 nitrogen and oxygen atoms in total. The van der Waals surface area contributed by atoms with Crippen molar-refractivity contribution in [1.82, 2.24) is 0 Å². The maximum atomic E-state index is 0. The third-order valence-electron chi connectivity index (χ3n) is 0. The molecule has 0 fully saturated rings. The Morgan fingerprint density at radius 1 is 0.500 bits per heavy atom. The quantitative estimate of drug-likeness (QED) is 0.393. The molecule has 0 heterocycles. The average Bonchev–Trinajstić information content (AvgIpc) is 0. The molecular weight excluding hydrogens is 391 g/mol. The normalized spacial score (nSPS) is 0. The largest absolute Gasteiger partial charge is 0 e. The van der Waals surface area contributed by atoms with Crippen molar-refractivity contribution < 1.29 is 112 Å². The topological polar surface area (TPSA) is 63.0 Å². The summed E-state index contributed by atoms with van der Waals surface area (Å²) in [5.74, 6) is 0. The molecule has 0 aliphatic carbocycles. The Kier molecular flexibility index (Phi) is 1600. The van der Waals surface area contributed by atoms with Gasteiger partial charge in [-0.3, -0.25) is 0 Å². The molecule has 0 aromatic carbocycles. The van der Waals surface area contributed by atoms with Gasteiger partial charge in [-0.2, -0.15) is 0 Å². The van der Waals surface area contributed by atoms with Crippen LogP contribution < -0.4 is 0 Å². The fraction of sp³-hybridized carbons (Fsp3) is 0. The van der Waals surface area contributed by atoms with E-state index in [-0.39, 0.29) is 149 Å². The summed E-state index contributed by atoms with van der Waals surface area (Å²) in [6.07, 6.45) is 0.